The molecule has 2 aliphatic carbocycles. The number of fused-ring (bicyclic) bond motifs is 2. The fraction of sp³-hybridized carbons (Fsp3) is 0.500. The Morgan fingerprint density at radius 1 is 1.21 bits per heavy atom. The lowest BCUT2D eigenvalue weighted by Gasteiger charge is -2.28. The van der Waals surface area contributed by atoms with Crippen LogP contribution in [0.2, 0.25) is 0 Å². The third kappa shape index (κ3) is 3.40. The van der Waals surface area contributed by atoms with Crippen molar-refractivity contribution in [3.63, 3.8) is 0 Å². The molecule has 2 fully saturated rings. The number of amides is 1. The van der Waals surface area contributed by atoms with E-state index in [1.807, 2.05) is 6.92 Å². The number of carbonyl (C=O) groups excluding carboxylic acids is 1. The van der Waals surface area contributed by atoms with Crippen LogP contribution in [0.5, 0.6) is 0 Å². The van der Waals surface area contributed by atoms with Crippen molar-refractivity contribution in [3.8, 4) is 5.69 Å². The largest absolute Gasteiger partial charge is 0.434 e. The van der Waals surface area contributed by atoms with Gasteiger partial charge in [0.25, 0.3) is 5.91 Å². The Balaban J connectivity index is 1.60. The van der Waals surface area contributed by atoms with Crippen molar-refractivity contribution in [1.82, 2.24) is 15.1 Å². The number of alkyl halides is 3. The zero-order chi connectivity index (χ0) is 20.1. The lowest BCUT2D eigenvalue weighted by atomic mass is 9.84. The molecule has 4 nitrogen and oxygen atoms in total. The van der Waals surface area contributed by atoms with Crippen LogP contribution in [-0.2, 0) is 6.18 Å². The number of rotatable bonds is 4. The molecule has 2 aromatic rings. The normalized spacial score (nSPS) is 25.1. The van der Waals surface area contributed by atoms with Crippen LogP contribution in [0.1, 0.15) is 48.7 Å². The molecule has 1 aromatic carbocycles. The minimum Gasteiger partial charge on any atom is -0.349 e. The smallest absolute Gasteiger partial charge is 0.349 e. The predicted molar refractivity (Wildman–Crippen MR) is 94.4 cm³/mol. The molecule has 0 spiro atoms. The first-order valence-electron chi connectivity index (χ1n) is 9.46. The quantitative estimate of drug-likeness (QED) is 0.770. The molecule has 8 heteroatoms. The average molecular weight is 395 g/mol. The maximum absolute atomic E-state index is 13.7. The highest BCUT2D eigenvalue weighted by molar-refractivity contribution is 5.95. The molecule has 0 unspecified atom stereocenters. The zero-order valence-corrected chi connectivity index (χ0v) is 15.3. The van der Waals surface area contributed by atoms with Gasteiger partial charge in [-0.2, -0.15) is 18.3 Å². The summed E-state index contributed by atoms with van der Waals surface area (Å²) in [6.45, 7) is 1.86. The zero-order valence-electron chi connectivity index (χ0n) is 15.3. The van der Waals surface area contributed by atoms with Crippen molar-refractivity contribution >= 4 is 5.91 Å². The third-order valence-electron chi connectivity index (χ3n) is 6.15. The fourth-order valence-corrected chi connectivity index (χ4v) is 4.86. The van der Waals surface area contributed by atoms with Crippen LogP contribution in [0.3, 0.4) is 0 Å². The van der Waals surface area contributed by atoms with E-state index in [0.717, 1.165) is 37.6 Å². The summed E-state index contributed by atoms with van der Waals surface area (Å²) in [5.74, 6) is 0.188. The summed E-state index contributed by atoms with van der Waals surface area (Å²) in [5.41, 5.74) is -1.64. The lowest BCUT2D eigenvalue weighted by Crippen LogP contribution is -2.40. The molecule has 2 aliphatic rings. The molecule has 28 heavy (non-hydrogen) atoms. The molecule has 1 heterocycles. The number of hydrogen-bond acceptors (Lipinski definition) is 2. The minimum absolute atomic E-state index is 0.0360. The second-order valence-electron chi connectivity index (χ2n) is 7.89. The molecule has 2 bridgehead atoms. The molecular formula is C20H21F4N3O. The monoisotopic (exact) mass is 395 g/mol. The van der Waals surface area contributed by atoms with Crippen LogP contribution in [0, 0.1) is 23.6 Å². The summed E-state index contributed by atoms with van der Waals surface area (Å²) in [5, 5.41) is 6.52. The van der Waals surface area contributed by atoms with Crippen LogP contribution >= 0.6 is 0 Å². The number of aromatic nitrogens is 2. The highest BCUT2D eigenvalue weighted by Gasteiger charge is 2.44. The maximum atomic E-state index is 13.7. The van der Waals surface area contributed by atoms with E-state index < -0.39 is 29.2 Å². The van der Waals surface area contributed by atoms with E-state index in [4.69, 9.17) is 0 Å². The van der Waals surface area contributed by atoms with Crippen LogP contribution in [0.25, 0.3) is 5.69 Å². The van der Waals surface area contributed by atoms with Gasteiger partial charge in [-0.3, -0.25) is 4.79 Å². The molecule has 0 radical (unpaired) electrons. The molecule has 1 aromatic heterocycles. The van der Waals surface area contributed by atoms with Gasteiger partial charge in [0.2, 0.25) is 0 Å². The average Bonchev–Trinajstić information content (AvgIpc) is 3.36. The van der Waals surface area contributed by atoms with Gasteiger partial charge in [-0.25, -0.2) is 9.07 Å². The molecule has 1 N–H and O–H groups in total. The van der Waals surface area contributed by atoms with E-state index in [1.54, 1.807) is 0 Å². The van der Waals surface area contributed by atoms with Gasteiger partial charge in [-0.1, -0.05) is 6.42 Å². The molecule has 150 valence electrons. The fourth-order valence-electron chi connectivity index (χ4n) is 4.86. The standard InChI is InChI=1S/C20H21F4N3O/c1-11(16-9-12-2-3-13(16)8-12)26-19(28)17-10-25-27(18(17)20(22,23)24)15-6-4-14(21)5-7-15/h4-7,10-13,16H,2-3,8-9H2,1H3,(H,26,28)/t11-,12+,13+,16+/m1/s1. The van der Waals surface area contributed by atoms with Crippen molar-refractivity contribution < 1.29 is 22.4 Å². The summed E-state index contributed by atoms with van der Waals surface area (Å²) < 4.78 is 54.9. The SMILES string of the molecule is C[C@@H](NC(=O)c1cnn(-c2ccc(F)cc2)c1C(F)(F)F)[C@@H]1C[C@H]2CC[C@H]1C2. The Morgan fingerprint density at radius 2 is 1.93 bits per heavy atom. The number of benzene rings is 1. The molecule has 4 rings (SSSR count). The van der Waals surface area contributed by atoms with Crippen molar-refractivity contribution in [2.75, 3.05) is 0 Å². The highest BCUT2D eigenvalue weighted by Crippen LogP contribution is 2.49. The van der Waals surface area contributed by atoms with Gasteiger partial charge < -0.3 is 5.32 Å². The number of hydrogen-bond donors (Lipinski definition) is 1. The van der Waals surface area contributed by atoms with Gasteiger partial charge >= 0.3 is 6.18 Å². The third-order valence-corrected chi connectivity index (χ3v) is 6.15. The van der Waals surface area contributed by atoms with Crippen LogP contribution < -0.4 is 5.32 Å². The Morgan fingerprint density at radius 3 is 2.50 bits per heavy atom. The Labute approximate surface area is 159 Å². The Bertz CT molecular complexity index is 875. The first-order valence-corrected chi connectivity index (χ1v) is 9.46. The Kier molecular flexibility index (Phi) is 4.67. The molecule has 4 atom stereocenters. The summed E-state index contributed by atoms with van der Waals surface area (Å²) in [6.07, 6.45) is 0.660. The highest BCUT2D eigenvalue weighted by atomic mass is 19.4. The van der Waals surface area contributed by atoms with E-state index in [1.165, 1.54) is 18.6 Å². The minimum atomic E-state index is -4.78. The van der Waals surface area contributed by atoms with Crippen LogP contribution in [0.15, 0.2) is 30.5 Å². The number of nitrogens with one attached hydrogen (secondary N) is 1. The molecule has 0 aliphatic heterocycles. The number of nitrogens with zero attached hydrogens (tertiary/aromatic N) is 2. The second-order valence-corrected chi connectivity index (χ2v) is 7.89. The first-order chi connectivity index (χ1) is 13.2. The summed E-state index contributed by atoms with van der Waals surface area (Å²) in [4.78, 5) is 12.7. The molecule has 2 saturated carbocycles. The van der Waals surface area contributed by atoms with Gasteiger partial charge in [0.1, 0.15) is 5.82 Å². The lowest BCUT2D eigenvalue weighted by molar-refractivity contribution is -0.143. The topological polar surface area (TPSA) is 46.9 Å². The molecule has 0 saturated heterocycles. The van der Waals surface area contributed by atoms with E-state index in [9.17, 15) is 22.4 Å². The maximum Gasteiger partial charge on any atom is 0.434 e. The van der Waals surface area contributed by atoms with Crippen molar-refractivity contribution in [2.24, 2.45) is 17.8 Å². The van der Waals surface area contributed by atoms with Crippen molar-refractivity contribution in [3.05, 3.63) is 47.5 Å². The van der Waals surface area contributed by atoms with Crippen LogP contribution in [-0.4, -0.2) is 21.7 Å². The first kappa shape index (κ1) is 19.0. The van der Waals surface area contributed by atoms with E-state index in [2.05, 4.69) is 10.4 Å². The van der Waals surface area contributed by atoms with Gasteiger partial charge in [-0.05, 0) is 68.2 Å². The van der Waals surface area contributed by atoms with Gasteiger partial charge in [-0.15, -0.1) is 0 Å². The van der Waals surface area contributed by atoms with Crippen molar-refractivity contribution in [1.29, 1.82) is 0 Å². The van der Waals surface area contributed by atoms with Gasteiger partial charge in [0.05, 0.1) is 17.4 Å². The summed E-state index contributed by atoms with van der Waals surface area (Å²) >= 11 is 0. The molecule has 1 amide bonds. The second kappa shape index (κ2) is 6.90. The number of carbonyl (C=O) groups is 1. The Hall–Kier alpha value is -2.38. The molecular weight excluding hydrogens is 374 g/mol. The summed E-state index contributed by atoms with van der Waals surface area (Å²) in [6, 6.07) is 4.29. The number of halogens is 4. The van der Waals surface area contributed by atoms with E-state index in [-0.39, 0.29) is 11.7 Å². The predicted octanol–water partition coefficient (Wildman–Crippen LogP) is 4.58. The summed E-state index contributed by atoms with van der Waals surface area (Å²) in [7, 11) is 0. The van der Waals surface area contributed by atoms with E-state index in [0.29, 0.717) is 22.4 Å². The van der Waals surface area contributed by atoms with Gasteiger partial charge in [0, 0.05) is 6.04 Å². The van der Waals surface area contributed by atoms with Gasteiger partial charge in [0.15, 0.2) is 5.69 Å². The van der Waals surface area contributed by atoms with Crippen LogP contribution in [0.4, 0.5) is 17.6 Å². The van der Waals surface area contributed by atoms with Crippen molar-refractivity contribution in [2.45, 2.75) is 44.8 Å². The van der Waals surface area contributed by atoms with E-state index >= 15 is 0 Å².